The standard InChI is InChI=1S/C20H20N4O2/c1-3-25-19-10-15-16(7-8-21-18(15)11-20(19)26-4-2)23-14-6-5-13-12-22-24-17(13)9-14/h5-12H,3-4H2,1-2H3,(H,21,23)(H,22,24). The normalized spacial score (nSPS) is 11.0. The summed E-state index contributed by atoms with van der Waals surface area (Å²) in [7, 11) is 0. The van der Waals surface area contributed by atoms with Gasteiger partial charge in [0.1, 0.15) is 0 Å². The second-order valence-electron chi connectivity index (χ2n) is 5.84. The molecule has 4 aromatic rings. The predicted molar refractivity (Wildman–Crippen MR) is 103 cm³/mol. The topological polar surface area (TPSA) is 72.1 Å². The van der Waals surface area contributed by atoms with Crippen molar-refractivity contribution in [2.75, 3.05) is 18.5 Å². The molecule has 0 aliphatic carbocycles. The lowest BCUT2D eigenvalue weighted by molar-refractivity contribution is 0.288. The zero-order valence-corrected chi connectivity index (χ0v) is 14.7. The monoisotopic (exact) mass is 348 g/mol. The van der Waals surface area contributed by atoms with Crippen LogP contribution in [-0.2, 0) is 0 Å². The Hall–Kier alpha value is -3.28. The van der Waals surface area contributed by atoms with E-state index in [9.17, 15) is 0 Å². The molecule has 0 bridgehead atoms. The highest BCUT2D eigenvalue weighted by molar-refractivity contribution is 5.95. The number of hydrogen-bond acceptors (Lipinski definition) is 5. The molecule has 0 unspecified atom stereocenters. The highest BCUT2D eigenvalue weighted by Crippen LogP contribution is 2.36. The molecule has 6 heteroatoms. The van der Waals surface area contributed by atoms with E-state index >= 15 is 0 Å². The van der Waals surface area contributed by atoms with Crippen LogP contribution in [0.1, 0.15) is 13.8 Å². The lowest BCUT2D eigenvalue weighted by atomic mass is 10.1. The fourth-order valence-corrected chi connectivity index (χ4v) is 2.97. The van der Waals surface area contributed by atoms with Gasteiger partial charge in [-0.25, -0.2) is 0 Å². The van der Waals surface area contributed by atoms with Crippen molar-refractivity contribution in [3.05, 3.63) is 48.8 Å². The van der Waals surface area contributed by atoms with Gasteiger partial charge in [-0.15, -0.1) is 0 Å². The first-order chi connectivity index (χ1) is 12.8. The Bertz CT molecular complexity index is 1060. The van der Waals surface area contributed by atoms with Crippen LogP contribution in [0.4, 0.5) is 11.4 Å². The van der Waals surface area contributed by atoms with Crippen LogP contribution >= 0.6 is 0 Å². The molecule has 0 radical (unpaired) electrons. The lowest BCUT2D eigenvalue weighted by Crippen LogP contribution is -2.00. The summed E-state index contributed by atoms with van der Waals surface area (Å²) in [6.07, 6.45) is 3.60. The van der Waals surface area contributed by atoms with Crippen LogP contribution < -0.4 is 14.8 Å². The molecule has 2 heterocycles. The molecule has 26 heavy (non-hydrogen) atoms. The summed E-state index contributed by atoms with van der Waals surface area (Å²) in [4.78, 5) is 4.48. The van der Waals surface area contributed by atoms with Gasteiger partial charge in [0.2, 0.25) is 0 Å². The molecular weight excluding hydrogens is 328 g/mol. The molecule has 0 saturated heterocycles. The van der Waals surface area contributed by atoms with Gasteiger partial charge in [0.05, 0.1) is 30.4 Å². The van der Waals surface area contributed by atoms with E-state index in [1.54, 1.807) is 6.20 Å². The van der Waals surface area contributed by atoms with E-state index in [0.717, 1.165) is 38.9 Å². The summed E-state index contributed by atoms with van der Waals surface area (Å²) >= 11 is 0. The number of ether oxygens (including phenoxy) is 2. The van der Waals surface area contributed by atoms with Gasteiger partial charge in [-0.1, -0.05) is 0 Å². The molecule has 0 amide bonds. The zero-order chi connectivity index (χ0) is 17.9. The second kappa shape index (κ2) is 6.92. The fourth-order valence-electron chi connectivity index (χ4n) is 2.97. The minimum absolute atomic E-state index is 0.575. The molecule has 6 nitrogen and oxygen atoms in total. The van der Waals surface area contributed by atoms with E-state index in [4.69, 9.17) is 9.47 Å². The van der Waals surface area contributed by atoms with Gasteiger partial charge < -0.3 is 14.8 Å². The van der Waals surface area contributed by atoms with E-state index in [0.29, 0.717) is 19.0 Å². The number of aromatic nitrogens is 3. The Morgan fingerprint density at radius 3 is 2.62 bits per heavy atom. The number of rotatable bonds is 6. The van der Waals surface area contributed by atoms with Crippen molar-refractivity contribution < 1.29 is 9.47 Å². The van der Waals surface area contributed by atoms with Crippen molar-refractivity contribution in [3.63, 3.8) is 0 Å². The lowest BCUT2D eigenvalue weighted by Gasteiger charge is -2.14. The van der Waals surface area contributed by atoms with E-state index in [2.05, 4.69) is 20.5 Å². The van der Waals surface area contributed by atoms with Crippen molar-refractivity contribution in [1.29, 1.82) is 0 Å². The predicted octanol–water partition coefficient (Wildman–Crippen LogP) is 4.65. The minimum atomic E-state index is 0.575. The number of nitrogens with one attached hydrogen (secondary N) is 2. The second-order valence-corrected chi connectivity index (χ2v) is 5.84. The Kier molecular flexibility index (Phi) is 4.31. The summed E-state index contributed by atoms with van der Waals surface area (Å²) in [5.41, 5.74) is 3.77. The average molecular weight is 348 g/mol. The van der Waals surface area contributed by atoms with Gasteiger partial charge in [0.25, 0.3) is 0 Å². The van der Waals surface area contributed by atoms with Gasteiger partial charge >= 0.3 is 0 Å². The van der Waals surface area contributed by atoms with Gasteiger partial charge in [0.15, 0.2) is 11.5 Å². The van der Waals surface area contributed by atoms with Crippen LogP contribution in [0.2, 0.25) is 0 Å². The number of nitrogens with zero attached hydrogens (tertiary/aromatic N) is 2. The summed E-state index contributed by atoms with van der Waals surface area (Å²) < 4.78 is 11.5. The molecule has 2 N–H and O–H groups in total. The van der Waals surface area contributed by atoms with Crippen LogP contribution in [0.3, 0.4) is 0 Å². The smallest absolute Gasteiger partial charge is 0.163 e. The maximum absolute atomic E-state index is 5.76. The number of anilines is 2. The van der Waals surface area contributed by atoms with Crippen molar-refractivity contribution in [2.45, 2.75) is 13.8 Å². The van der Waals surface area contributed by atoms with Crippen molar-refractivity contribution >= 4 is 33.2 Å². The highest BCUT2D eigenvalue weighted by atomic mass is 16.5. The van der Waals surface area contributed by atoms with Gasteiger partial charge in [-0.3, -0.25) is 10.1 Å². The van der Waals surface area contributed by atoms with Crippen LogP contribution in [0.15, 0.2) is 48.8 Å². The molecule has 0 spiro atoms. The third kappa shape index (κ3) is 3.01. The third-order valence-corrected chi connectivity index (χ3v) is 4.13. The van der Waals surface area contributed by atoms with Crippen LogP contribution in [-0.4, -0.2) is 28.4 Å². The maximum atomic E-state index is 5.76. The summed E-state index contributed by atoms with van der Waals surface area (Å²) in [5.74, 6) is 1.44. The summed E-state index contributed by atoms with van der Waals surface area (Å²) in [6.45, 7) is 5.07. The Labute approximate surface area is 151 Å². The fraction of sp³-hybridized carbons (Fsp3) is 0.200. The van der Waals surface area contributed by atoms with Gasteiger partial charge in [-0.05, 0) is 44.2 Å². The molecule has 132 valence electrons. The molecular formula is C20H20N4O2. The molecule has 2 aromatic carbocycles. The van der Waals surface area contributed by atoms with E-state index in [-0.39, 0.29) is 0 Å². The zero-order valence-electron chi connectivity index (χ0n) is 14.7. The largest absolute Gasteiger partial charge is 0.490 e. The number of aromatic amines is 1. The molecule has 0 saturated carbocycles. The summed E-state index contributed by atoms with van der Waals surface area (Å²) in [6, 6.07) is 12.0. The van der Waals surface area contributed by atoms with Gasteiger partial charge in [-0.2, -0.15) is 5.10 Å². The average Bonchev–Trinajstić information content (AvgIpc) is 3.11. The van der Waals surface area contributed by atoms with Crippen molar-refractivity contribution in [3.8, 4) is 11.5 Å². The SMILES string of the molecule is CCOc1cc2nccc(Nc3ccc4cn[nH]c4c3)c2cc1OCC. The quantitative estimate of drug-likeness (QED) is 0.530. The van der Waals surface area contributed by atoms with E-state index in [1.165, 1.54) is 0 Å². The number of H-pyrrole nitrogens is 1. The Balaban J connectivity index is 1.77. The number of pyridine rings is 1. The van der Waals surface area contributed by atoms with Crippen LogP contribution in [0.25, 0.3) is 21.8 Å². The Morgan fingerprint density at radius 2 is 1.81 bits per heavy atom. The molecule has 0 fully saturated rings. The number of benzene rings is 2. The molecule has 0 aliphatic heterocycles. The minimum Gasteiger partial charge on any atom is -0.490 e. The number of fused-ring (bicyclic) bond motifs is 2. The van der Waals surface area contributed by atoms with Crippen LogP contribution in [0.5, 0.6) is 11.5 Å². The number of hydrogen-bond donors (Lipinski definition) is 2. The van der Waals surface area contributed by atoms with E-state index < -0.39 is 0 Å². The first kappa shape index (κ1) is 16.2. The van der Waals surface area contributed by atoms with Crippen LogP contribution in [0, 0.1) is 0 Å². The molecule has 0 aliphatic rings. The molecule has 0 atom stereocenters. The molecule has 4 rings (SSSR count). The highest BCUT2D eigenvalue weighted by Gasteiger charge is 2.11. The maximum Gasteiger partial charge on any atom is 0.163 e. The van der Waals surface area contributed by atoms with Gasteiger partial charge in [0, 0.05) is 34.4 Å². The van der Waals surface area contributed by atoms with Crippen molar-refractivity contribution in [1.82, 2.24) is 15.2 Å². The summed E-state index contributed by atoms with van der Waals surface area (Å²) in [5, 5.41) is 12.6. The first-order valence-electron chi connectivity index (χ1n) is 8.67. The first-order valence-corrected chi connectivity index (χ1v) is 8.67. The molecule has 2 aromatic heterocycles. The third-order valence-electron chi connectivity index (χ3n) is 4.13. The Morgan fingerprint density at radius 1 is 1.00 bits per heavy atom. The van der Waals surface area contributed by atoms with E-state index in [1.807, 2.05) is 56.4 Å². The van der Waals surface area contributed by atoms with Crippen molar-refractivity contribution in [2.24, 2.45) is 0 Å².